The third-order valence-corrected chi connectivity index (χ3v) is 4.75. The summed E-state index contributed by atoms with van der Waals surface area (Å²) >= 11 is 0. The fourth-order valence-electron chi connectivity index (χ4n) is 2.72. The number of hydrogen-bond acceptors (Lipinski definition) is 11. The molecule has 0 bridgehead atoms. The van der Waals surface area contributed by atoms with Gasteiger partial charge in [0.15, 0.2) is 11.5 Å². The molecule has 0 spiro atoms. The molecule has 2 aromatic carbocycles. The topological polar surface area (TPSA) is 150 Å². The Labute approximate surface area is 202 Å². The van der Waals surface area contributed by atoms with Crippen molar-refractivity contribution in [3.05, 3.63) is 59.7 Å². The van der Waals surface area contributed by atoms with Crippen molar-refractivity contribution in [2.24, 2.45) is 5.73 Å². The first-order valence-electron chi connectivity index (χ1n) is 10.5. The number of rotatable bonds is 9. The van der Waals surface area contributed by atoms with Crippen LogP contribution in [-0.4, -0.2) is 56.7 Å². The van der Waals surface area contributed by atoms with Crippen molar-refractivity contribution in [3.63, 3.8) is 0 Å². The molecule has 0 unspecified atom stereocenters. The van der Waals surface area contributed by atoms with Gasteiger partial charge in [-0.25, -0.2) is 14.4 Å². The van der Waals surface area contributed by atoms with Crippen molar-refractivity contribution in [2.75, 3.05) is 14.2 Å². The third kappa shape index (κ3) is 8.31. The van der Waals surface area contributed by atoms with Gasteiger partial charge in [0.1, 0.15) is 18.2 Å². The van der Waals surface area contributed by atoms with Gasteiger partial charge in [0, 0.05) is 0 Å². The largest absolute Gasteiger partial charge is 0.513 e. The summed E-state index contributed by atoms with van der Waals surface area (Å²) in [6.45, 7) is 3.18. The van der Waals surface area contributed by atoms with Crippen LogP contribution in [0.5, 0.6) is 11.5 Å². The van der Waals surface area contributed by atoms with E-state index < -0.39 is 42.5 Å². The second-order valence-electron chi connectivity index (χ2n) is 7.32. The summed E-state index contributed by atoms with van der Waals surface area (Å²) in [6, 6.07) is 11.5. The minimum Gasteiger partial charge on any atom is -0.458 e. The first-order valence-corrected chi connectivity index (χ1v) is 10.5. The number of ether oxygens (including phenoxy) is 6. The van der Waals surface area contributed by atoms with E-state index in [4.69, 9.17) is 24.7 Å². The molecule has 0 saturated heterocycles. The molecule has 0 aliphatic rings. The molecule has 35 heavy (non-hydrogen) atoms. The Morgan fingerprint density at radius 2 is 1.37 bits per heavy atom. The summed E-state index contributed by atoms with van der Waals surface area (Å²) in [7, 11) is 2.23. The monoisotopic (exact) mass is 489 g/mol. The van der Waals surface area contributed by atoms with Gasteiger partial charge in [-0.2, -0.15) is 0 Å². The molecule has 0 fully saturated rings. The van der Waals surface area contributed by atoms with Crippen LogP contribution in [0.2, 0.25) is 0 Å². The van der Waals surface area contributed by atoms with E-state index in [1.54, 1.807) is 44.2 Å². The zero-order chi connectivity index (χ0) is 26.0. The van der Waals surface area contributed by atoms with Crippen LogP contribution in [0, 0.1) is 0 Å². The van der Waals surface area contributed by atoms with Gasteiger partial charge >= 0.3 is 24.2 Å². The smallest absolute Gasteiger partial charge is 0.458 e. The van der Waals surface area contributed by atoms with Crippen molar-refractivity contribution in [2.45, 2.75) is 38.5 Å². The van der Waals surface area contributed by atoms with Crippen LogP contribution < -0.4 is 15.2 Å². The van der Waals surface area contributed by atoms with Crippen molar-refractivity contribution >= 4 is 24.2 Å². The number of carbonyl (C=O) groups is 4. The molecule has 2 aromatic rings. The predicted octanol–water partition coefficient (Wildman–Crippen LogP) is 3.02. The summed E-state index contributed by atoms with van der Waals surface area (Å²) in [5.74, 6) is -1.52. The first kappa shape index (κ1) is 27.1. The van der Waals surface area contributed by atoms with E-state index in [9.17, 15) is 19.2 Å². The maximum Gasteiger partial charge on any atom is 0.513 e. The van der Waals surface area contributed by atoms with Crippen LogP contribution in [0.25, 0.3) is 0 Å². The minimum absolute atomic E-state index is 0.000224. The molecule has 0 radical (unpaired) electrons. The summed E-state index contributed by atoms with van der Waals surface area (Å²) < 4.78 is 29.5. The Morgan fingerprint density at radius 3 is 1.97 bits per heavy atom. The Kier molecular flexibility index (Phi) is 10.0. The standard InChI is InChI=1S/C24H27NO10/c1-14(32-21(26)17-8-6-5-7-9-17)15(2)33-22(27)18(25)12-16-10-11-19(34-23(28)30-3)20(13-16)35-24(29)31-4/h5-11,13-15,18H,12,25H2,1-4H3/t14-,15-,18-/m0/s1. The highest BCUT2D eigenvalue weighted by molar-refractivity contribution is 5.89. The van der Waals surface area contributed by atoms with Crippen LogP contribution in [0.15, 0.2) is 48.5 Å². The molecule has 188 valence electrons. The molecule has 0 aliphatic heterocycles. The number of esters is 2. The Bertz CT molecular complexity index is 1040. The van der Waals surface area contributed by atoms with Gasteiger partial charge in [0.25, 0.3) is 0 Å². The average Bonchev–Trinajstić information content (AvgIpc) is 2.85. The normalized spacial score (nSPS) is 12.9. The molecule has 2 rings (SSSR count). The van der Waals surface area contributed by atoms with E-state index in [1.807, 2.05) is 0 Å². The molecule has 0 saturated carbocycles. The predicted molar refractivity (Wildman–Crippen MR) is 121 cm³/mol. The molecule has 11 nitrogen and oxygen atoms in total. The number of methoxy groups -OCH3 is 2. The number of carbonyl (C=O) groups excluding carboxylic acids is 4. The number of hydrogen-bond donors (Lipinski definition) is 1. The van der Waals surface area contributed by atoms with E-state index in [0.717, 1.165) is 14.2 Å². The highest BCUT2D eigenvalue weighted by Gasteiger charge is 2.25. The quantitative estimate of drug-likeness (QED) is 0.314. The molecule has 0 aromatic heterocycles. The van der Waals surface area contributed by atoms with Crippen LogP contribution in [0.3, 0.4) is 0 Å². The van der Waals surface area contributed by atoms with E-state index >= 15 is 0 Å². The Morgan fingerprint density at radius 1 is 0.800 bits per heavy atom. The van der Waals surface area contributed by atoms with Gasteiger partial charge in [0.05, 0.1) is 19.8 Å². The fourth-order valence-corrected chi connectivity index (χ4v) is 2.72. The van der Waals surface area contributed by atoms with Gasteiger partial charge in [-0.15, -0.1) is 0 Å². The van der Waals surface area contributed by atoms with Crippen LogP contribution in [0.1, 0.15) is 29.8 Å². The van der Waals surface area contributed by atoms with E-state index in [1.165, 1.54) is 18.2 Å². The van der Waals surface area contributed by atoms with Crippen LogP contribution in [-0.2, 0) is 30.2 Å². The van der Waals surface area contributed by atoms with E-state index in [0.29, 0.717) is 11.1 Å². The summed E-state index contributed by atoms with van der Waals surface area (Å²) in [5.41, 5.74) is 6.84. The molecule has 0 aliphatic carbocycles. The van der Waals surface area contributed by atoms with Crippen molar-refractivity contribution < 1.29 is 47.6 Å². The van der Waals surface area contributed by atoms with Crippen LogP contribution >= 0.6 is 0 Å². The lowest BCUT2D eigenvalue weighted by Gasteiger charge is -2.22. The minimum atomic E-state index is -1.09. The van der Waals surface area contributed by atoms with Gasteiger partial charge < -0.3 is 34.2 Å². The average molecular weight is 489 g/mol. The van der Waals surface area contributed by atoms with Gasteiger partial charge in [-0.3, -0.25) is 4.79 Å². The summed E-state index contributed by atoms with van der Waals surface area (Å²) in [4.78, 5) is 47.6. The fraction of sp³-hybridized carbons (Fsp3) is 0.333. The summed E-state index contributed by atoms with van der Waals surface area (Å²) in [6.07, 6.45) is -3.57. The van der Waals surface area contributed by atoms with Gasteiger partial charge in [-0.1, -0.05) is 24.3 Å². The molecule has 3 atom stereocenters. The number of nitrogens with two attached hydrogens (primary N) is 1. The lowest BCUT2D eigenvalue weighted by atomic mass is 10.1. The van der Waals surface area contributed by atoms with Crippen LogP contribution in [0.4, 0.5) is 9.59 Å². The molecule has 0 heterocycles. The maximum absolute atomic E-state index is 12.5. The first-order chi connectivity index (χ1) is 16.6. The van der Waals surface area contributed by atoms with Crippen molar-refractivity contribution in [1.29, 1.82) is 0 Å². The van der Waals surface area contributed by atoms with E-state index in [-0.39, 0.29) is 17.9 Å². The second kappa shape index (κ2) is 12.9. The Hall–Kier alpha value is -4.12. The highest BCUT2D eigenvalue weighted by Crippen LogP contribution is 2.30. The second-order valence-corrected chi connectivity index (χ2v) is 7.32. The van der Waals surface area contributed by atoms with E-state index in [2.05, 4.69) is 9.47 Å². The highest BCUT2D eigenvalue weighted by atomic mass is 16.7. The third-order valence-electron chi connectivity index (χ3n) is 4.75. The van der Waals surface area contributed by atoms with Gasteiger partial charge in [0.2, 0.25) is 0 Å². The lowest BCUT2D eigenvalue weighted by Crippen LogP contribution is -2.39. The lowest BCUT2D eigenvalue weighted by molar-refractivity contribution is -0.154. The number of benzene rings is 2. The molecule has 0 amide bonds. The SMILES string of the molecule is COC(=O)Oc1ccc(C[C@H](N)C(=O)O[C@@H](C)[C@H](C)OC(=O)c2ccccc2)cc1OC(=O)OC. The molecular formula is C24H27NO10. The molecule has 2 N–H and O–H groups in total. The molecular weight excluding hydrogens is 462 g/mol. The zero-order valence-electron chi connectivity index (χ0n) is 19.7. The Balaban J connectivity index is 2.01. The zero-order valence-corrected chi connectivity index (χ0v) is 19.7. The van der Waals surface area contributed by atoms with Crippen molar-refractivity contribution in [1.82, 2.24) is 0 Å². The maximum atomic E-state index is 12.5. The van der Waals surface area contributed by atoms with Crippen molar-refractivity contribution in [3.8, 4) is 11.5 Å². The molecule has 11 heteroatoms. The van der Waals surface area contributed by atoms with Gasteiger partial charge in [-0.05, 0) is 50.1 Å². The summed E-state index contributed by atoms with van der Waals surface area (Å²) in [5, 5.41) is 0.